The molecule has 0 atom stereocenters. The maximum atomic E-state index is 4.97. The second-order valence-electron chi connectivity index (χ2n) is 1.32. The van der Waals surface area contributed by atoms with E-state index in [9.17, 15) is 0 Å². The molecular weight excluding hydrogens is 80.0 g/mol. The summed E-state index contributed by atoms with van der Waals surface area (Å²) >= 11 is 0. The number of hydrogen-bond acceptors (Lipinski definition) is 4. The Morgan fingerprint density at radius 3 is 1.33 bits per heavy atom. The number of nitrogens with two attached hydrogens (primary N) is 4. The highest BCUT2D eigenvalue weighted by Gasteiger charge is 2.04. The van der Waals surface area contributed by atoms with E-state index in [1.165, 1.54) is 0 Å². The van der Waals surface area contributed by atoms with E-state index >= 15 is 0 Å². The largest absolute Gasteiger partial charge is 0.326 e. The van der Waals surface area contributed by atoms with Crippen molar-refractivity contribution in [2.45, 2.75) is 5.79 Å². The minimum Gasteiger partial charge on any atom is -0.326 e. The standard InChI is InChI=1S/C2H10N4/c3-1-2(4,5)6/h1,3-6H2. The number of rotatable bonds is 1. The van der Waals surface area contributed by atoms with Crippen molar-refractivity contribution in [3.63, 3.8) is 0 Å². The smallest absolute Gasteiger partial charge is 0.128 e. The lowest BCUT2D eigenvalue weighted by Crippen LogP contribution is -2.63. The van der Waals surface area contributed by atoms with Gasteiger partial charge in [0, 0.05) is 6.54 Å². The molecule has 0 saturated carbocycles. The van der Waals surface area contributed by atoms with Crippen molar-refractivity contribution >= 4 is 0 Å². The van der Waals surface area contributed by atoms with Gasteiger partial charge in [0.2, 0.25) is 0 Å². The van der Waals surface area contributed by atoms with E-state index in [4.69, 9.17) is 22.9 Å². The fourth-order valence-electron chi connectivity index (χ4n) is 0. The second-order valence-corrected chi connectivity index (χ2v) is 1.32. The summed E-state index contributed by atoms with van der Waals surface area (Å²) in [6.45, 7) is 0.104. The molecule has 0 aromatic heterocycles. The highest BCUT2D eigenvalue weighted by molar-refractivity contribution is 4.66. The maximum Gasteiger partial charge on any atom is 0.128 e. The summed E-state index contributed by atoms with van der Waals surface area (Å²) in [4.78, 5) is 0. The maximum absolute atomic E-state index is 4.97. The third kappa shape index (κ3) is 3.84. The summed E-state index contributed by atoms with van der Waals surface area (Å²) in [5.74, 6) is -1.18. The van der Waals surface area contributed by atoms with Crippen LogP contribution in [0.3, 0.4) is 0 Å². The van der Waals surface area contributed by atoms with Gasteiger partial charge in [-0.25, -0.2) is 0 Å². The molecule has 0 fully saturated rings. The van der Waals surface area contributed by atoms with Crippen molar-refractivity contribution < 1.29 is 0 Å². The molecule has 0 spiro atoms. The van der Waals surface area contributed by atoms with E-state index in [1.54, 1.807) is 0 Å². The molecule has 0 aliphatic rings. The highest BCUT2D eigenvalue weighted by atomic mass is 15.1. The Labute approximate surface area is 36.5 Å². The Balaban J connectivity index is 3.17. The van der Waals surface area contributed by atoms with E-state index in [2.05, 4.69) is 0 Å². The zero-order valence-electron chi connectivity index (χ0n) is 3.52. The Hall–Kier alpha value is -0.160. The monoisotopic (exact) mass is 90.1 g/mol. The van der Waals surface area contributed by atoms with Crippen molar-refractivity contribution in [1.82, 2.24) is 0 Å². The molecule has 4 nitrogen and oxygen atoms in total. The molecule has 0 unspecified atom stereocenters. The van der Waals surface area contributed by atoms with Crippen LogP contribution in [0, 0.1) is 0 Å². The average Bonchev–Trinajstić information content (AvgIpc) is 1.35. The second kappa shape index (κ2) is 1.53. The third-order valence-corrected chi connectivity index (χ3v) is 0.354. The lowest BCUT2D eigenvalue weighted by atomic mass is 10.4. The van der Waals surface area contributed by atoms with E-state index in [-0.39, 0.29) is 6.54 Å². The van der Waals surface area contributed by atoms with Gasteiger partial charge in [-0.2, -0.15) is 0 Å². The lowest BCUT2D eigenvalue weighted by molar-refractivity contribution is 0.474. The van der Waals surface area contributed by atoms with Gasteiger partial charge in [0.15, 0.2) is 0 Å². The van der Waals surface area contributed by atoms with Crippen molar-refractivity contribution in [3.05, 3.63) is 0 Å². The van der Waals surface area contributed by atoms with Gasteiger partial charge < -0.3 is 22.9 Å². The first-order valence-electron chi connectivity index (χ1n) is 1.63. The molecule has 0 rings (SSSR count). The molecular formula is C2H10N4. The van der Waals surface area contributed by atoms with E-state index < -0.39 is 5.79 Å². The van der Waals surface area contributed by atoms with E-state index in [0.717, 1.165) is 0 Å². The summed E-state index contributed by atoms with van der Waals surface area (Å²) in [7, 11) is 0. The summed E-state index contributed by atoms with van der Waals surface area (Å²) < 4.78 is 0. The van der Waals surface area contributed by atoms with E-state index in [1.807, 2.05) is 0 Å². The van der Waals surface area contributed by atoms with Crippen LogP contribution in [0.2, 0.25) is 0 Å². The first kappa shape index (κ1) is 5.84. The fraction of sp³-hybridized carbons (Fsp3) is 1.00. The summed E-state index contributed by atoms with van der Waals surface area (Å²) in [5, 5.41) is 0. The first-order chi connectivity index (χ1) is 2.56. The van der Waals surface area contributed by atoms with Crippen LogP contribution >= 0.6 is 0 Å². The summed E-state index contributed by atoms with van der Waals surface area (Å²) in [6, 6.07) is 0. The topological polar surface area (TPSA) is 104 Å². The molecule has 0 aliphatic carbocycles. The molecule has 38 valence electrons. The van der Waals surface area contributed by atoms with Crippen LogP contribution in [0.15, 0.2) is 0 Å². The normalized spacial score (nSPS) is 12.0. The van der Waals surface area contributed by atoms with Crippen LogP contribution in [0.4, 0.5) is 0 Å². The molecule has 0 aromatic carbocycles. The predicted octanol–water partition coefficient (Wildman–Crippen LogP) is -2.53. The Bertz CT molecular complexity index is 35.3. The van der Waals surface area contributed by atoms with Crippen LogP contribution in [0.25, 0.3) is 0 Å². The molecule has 0 heterocycles. The van der Waals surface area contributed by atoms with Crippen LogP contribution in [0.1, 0.15) is 0 Å². The SMILES string of the molecule is NCC(N)(N)N. The van der Waals surface area contributed by atoms with Gasteiger partial charge in [-0.05, 0) is 0 Å². The molecule has 4 heteroatoms. The van der Waals surface area contributed by atoms with Gasteiger partial charge in [-0.15, -0.1) is 0 Å². The van der Waals surface area contributed by atoms with Crippen LogP contribution in [-0.2, 0) is 0 Å². The van der Waals surface area contributed by atoms with Gasteiger partial charge >= 0.3 is 0 Å². The fourth-order valence-corrected chi connectivity index (χ4v) is 0. The lowest BCUT2D eigenvalue weighted by Gasteiger charge is -2.13. The summed E-state index contributed by atoms with van der Waals surface area (Å²) in [6.07, 6.45) is 0. The molecule has 6 heavy (non-hydrogen) atoms. The molecule has 0 aromatic rings. The van der Waals surface area contributed by atoms with Gasteiger partial charge in [0.1, 0.15) is 5.79 Å². The van der Waals surface area contributed by atoms with Crippen molar-refractivity contribution in [2.24, 2.45) is 22.9 Å². The van der Waals surface area contributed by atoms with Gasteiger partial charge in [0.25, 0.3) is 0 Å². The van der Waals surface area contributed by atoms with Crippen LogP contribution in [-0.4, -0.2) is 12.3 Å². The molecule has 0 radical (unpaired) electrons. The average molecular weight is 90.1 g/mol. The molecule has 0 saturated heterocycles. The zero-order chi connectivity index (χ0) is 5.21. The van der Waals surface area contributed by atoms with Crippen molar-refractivity contribution in [2.75, 3.05) is 6.54 Å². The van der Waals surface area contributed by atoms with Gasteiger partial charge in [-0.3, -0.25) is 0 Å². The number of hydrogen-bond donors (Lipinski definition) is 4. The quantitative estimate of drug-likeness (QED) is 0.266. The third-order valence-electron chi connectivity index (χ3n) is 0.354. The summed E-state index contributed by atoms with van der Waals surface area (Å²) in [5.41, 5.74) is 19.8. The van der Waals surface area contributed by atoms with Crippen LogP contribution in [0.5, 0.6) is 0 Å². The van der Waals surface area contributed by atoms with Crippen molar-refractivity contribution in [3.8, 4) is 0 Å². The molecule has 8 N–H and O–H groups in total. The minimum atomic E-state index is -1.18. The zero-order valence-corrected chi connectivity index (χ0v) is 3.52. The van der Waals surface area contributed by atoms with Crippen molar-refractivity contribution in [1.29, 1.82) is 0 Å². The molecule has 0 aliphatic heterocycles. The van der Waals surface area contributed by atoms with Gasteiger partial charge in [0.05, 0.1) is 0 Å². The Morgan fingerprint density at radius 1 is 1.17 bits per heavy atom. The van der Waals surface area contributed by atoms with Gasteiger partial charge in [-0.1, -0.05) is 0 Å². The Morgan fingerprint density at radius 2 is 1.33 bits per heavy atom. The molecule has 0 bridgehead atoms. The van der Waals surface area contributed by atoms with Crippen LogP contribution < -0.4 is 22.9 Å². The van der Waals surface area contributed by atoms with E-state index in [0.29, 0.717) is 0 Å². The minimum absolute atomic E-state index is 0.104. The predicted molar refractivity (Wildman–Crippen MR) is 24.3 cm³/mol. The highest BCUT2D eigenvalue weighted by Crippen LogP contribution is 1.62. The Kier molecular flexibility index (Phi) is 1.48. The first-order valence-corrected chi connectivity index (χ1v) is 1.63. The molecule has 0 amide bonds.